The number of pyridine rings is 1. The highest BCUT2D eigenvalue weighted by Crippen LogP contribution is 2.15. The van der Waals surface area contributed by atoms with Gasteiger partial charge in [-0.25, -0.2) is 4.98 Å². The quantitative estimate of drug-likeness (QED) is 0.752. The van der Waals surface area contributed by atoms with Crippen molar-refractivity contribution in [1.82, 2.24) is 4.98 Å². The molecule has 1 unspecified atom stereocenters. The van der Waals surface area contributed by atoms with Gasteiger partial charge < -0.3 is 19.5 Å². The summed E-state index contributed by atoms with van der Waals surface area (Å²) in [7, 11) is 3.36. The Morgan fingerprint density at radius 3 is 2.72 bits per heavy atom. The average molecular weight is 254 g/mol. The number of aromatic nitrogens is 1. The molecule has 1 aromatic rings. The van der Waals surface area contributed by atoms with Gasteiger partial charge in [0.15, 0.2) is 0 Å². The van der Waals surface area contributed by atoms with Crippen LogP contribution in [0.4, 0.5) is 5.82 Å². The van der Waals surface area contributed by atoms with Gasteiger partial charge >= 0.3 is 0 Å². The van der Waals surface area contributed by atoms with Gasteiger partial charge in [-0.3, -0.25) is 0 Å². The van der Waals surface area contributed by atoms with Crippen molar-refractivity contribution < 1.29 is 14.6 Å². The van der Waals surface area contributed by atoms with Gasteiger partial charge in [0.1, 0.15) is 5.82 Å². The van der Waals surface area contributed by atoms with Crippen LogP contribution in [0, 0.1) is 0 Å². The van der Waals surface area contributed by atoms with Gasteiger partial charge in [0, 0.05) is 20.8 Å². The highest BCUT2D eigenvalue weighted by Gasteiger charge is 2.15. The van der Waals surface area contributed by atoms with E-state index in [1.165, 1.54) is 0 Å². The summed E-state index contributed by atoms with van der Waals surface area (Å²) in [6.07, 6.45) is 0. The van der Waals surface area contributed by atoms with E-state index in [4.69, 9.17) is 14.6 Å². The standard InChI is InChI=1S/C13H22N2O3/c1-11(10-18-3)15(7-8-17-2)13-6-4-5-12(9-16)14-13/h4-6,11,16H,7-10H2,1-3H3. The SMILES string of the molecule is COCCN(c1cccc(CO)n1)C(C)COC. The van der Waals surface area contributed by atoms with Crippen LogP contribution in [-0.2, 0) is 16.1 Å². The Hall–Kier alpha value is -1.17. The van der Waals surface area contributed by atoms with E-state index in [0.717, 1.165) is 12.4 Å². The summed E-state index contributed by atoms with van der Waals surface area (Å²) in [6.45, 7) is 4.01. The second-order valence-electron chi connectivity index (χ2n) is 4.14. The molecule has 0 aromatic carbocycles. The number of hydrogen-bond acceptors (Lipinski definition) is 5. The second kappa shape index (κ2) is 8.02. The summed E-state index contributed by atoms with van der Waals surface area (Å²) in [4.78, 5) is 6.53. The first-order chi connectivity index (χ1) is 8.72. The van der Waals surface area contributed by atoms with Gasteiger partial charge in [0.25, 0.3) is 0 Å². The molecule has 1 N–H and O–H groups in total. The predicted octanol–water partition coefficient (Wildman–Crippen LogP) is 1.06. The third-order valence-corrected chi connectivity index (χ3v) is 2.72. The molecule has 18 heavy (non-hydrogen) atoms. The van der Waals surface area contributed by atoms with E-state index < -0.39 is 0 Å². The third-order valence-electron chi connectivity index (χ3n) is 2.72. The first kappa shape index (κ1) is 14.9. The number of ether oxygens (including phenoxy) is 2. The lowest BCUT2D eigenvalue weighted by atomic mass is 10.2. The summed E-state index contributed by atoms with van der Waals surface area (Å²) in [5.74, 6) is 0.836. The molecule has 0 aliphatic rings. The molecule has 1 atom stereocenters. The van der Waals surface area contributed by atoms with E-state index in [1.54, 1.807) is 20.3 Å². The first-order valence-electron chi connectivity index (χ1n) is 6.04. The minimum absolute atomic E-state index is 0.0510. The lowest BCUT2D eigenvalue weighted by Gasteiger charge is -2.29. The third kappa shape index (κ3) is 4.25. The van der Waals surface area contributed by atoms with Crippen molar-refractivity contribution in [2.24, 2.45) is 0 Å². The molecule has 1 aromatic heterocycles. The maximum atomic E-state index is 9.13. The molecule has 1 rings (SSSR count). The van der Waals surface area contributed by atoms with Crippen molar-refractivity contribution in [3.63, 3.8) is 0 Å². The number of aliphatic hydroxyl groups excluding tert-OH is 1. The normalized spacial score (nSPS) is 12.4. The molecule has 0 aliphatic carbocycles. The van der Waals surface area contributed by atoms with Crippen LogP contribution in [0.3, 0.4) is 0 Å². The van der Waals surface area contributed by atoms with Gasteiger partial charge in [-0.05, 0) is 19.1 Å². The molecule has 0 fully saturated rings. The van der Waals surface area contributed by atoms with Gasteiger partial charge in [-0.2, -0.15) is 0 Å². The van der Waals surface area contributed by atoms with Crippen LogP contribution in [0.2, 0.25) is 0 Å². The van der Waals surface area contributed by atoms with Crippen LogP contribution >= 0.6 is 0 Å². The number of rotatable bonds is 8. The first-order valence-corrected chi connectivity index (χ1v) is 6.04. The molecule has 0 aliphatic heterocycles. The molecule has 5 heteroatoms. The van der Waals surface area contributed by atoms with Crippen molar-refractivity contribution in [3.05, 3.63) is 23.9 Å². The van der Waals surface area contributed by atoms with Crippen LogP contribution in [-0.4, -0.2) is 50.1 Å². The highest BCUT2D eigenvalue weighted by atomic mass is 16.5. The smallest absolute Gasteiger partial charge is 0.129 e. The van der Waals surface area contributed by atoms with Crippen LogP contribution in [0.25, 0.3) is 0 Å². The number of anilines is 1. The topological polar surface area (TPSA) is 54.8 Å². The zero-order valence-corrected chi connectivity index (χ0v) is 11.3. The second-order valence-corrected chi connectivity index (χ2v) is 4.14. The van der Waals surface area contributed by atoms with Crippen molar-refractivity contribution in [3.8, 4) is 0 Å². The van der Waals surface area contributed by atoms with Gasteiger partial charge in [-0.15, -0.1) is 0 Å². The van der Waals surface area contributed by atoms with Crippen molar-refractivity contribution in [2.45, 2.75) is 19.6 Å². The van der Waals surface area contributed by atoms with E-state index in [1.807, 2.05) is 12.1 Å². The molecular formula is C13H22N2O3. The molecule has 0 spiro atoms. The van der Waals surface area contributed by atoms with Crippen molar-refractivity contribution in [1.29, 1.82) is 0 Å². The number of hydrogen-bond donors (Lipinski definition) is 1. The maximum absolute atomic E-state index is 9.13. The molecule has 0 saturated heterocycles. The Labute approximate surface area is 108 Å². The van der Waals surface area contributed by atoms with Gasteiger partial charge in [0.05, 0.1) is 31.6 Å². The fourth-order valence-electron chi connectivity index (χ4n) is 1.80. The molecule has 0 amide bonds. The minimum Gasteiger partial charge on any atom is -0.390 e. The molecule has 0 saturated carbocycles. The average Bonchev–Trinajstić information content (AvgIpc) is 2.40. The summed E-state index contributed by atoms with van der Waals surface area (Å²) in [5, 5.41) is 9.13. The lowest BCUT2D eigenvalue weighted by Crippen LogP contribution is -2.39. The van der Waals surface area contributed by atoms with Crippen LogP contribution in [0.15, 0.2) is 18.2 Å². The van der Waals surface area contributed by atoms with Crippen molar-refractivity contribution >= 4 is 5.82 Å². The molecule has 5 nitrogen and oxygen atoms in total. The molecule has 0 bridgehead atoms. The Kier molecular flexibility index (Phi) is 6.64. The highest BCUT2D eigenvalue weighted by molar-refractivity contribution is 5.40. The predicted molar refractivity (Wildman–Crippen MR) is 70.7 cm³/mol. The summed E-state index contributed by atoms with van der Waals surface area (Å²) in [6, 6.07) is 5.83. The van der Waals surface area contributed by atoms with E-state index in [-0.39, 0.29) is 12.6 Å². The number of methoxy groups -OCH3 is 2. The van der Waals surface area contributed by atoms with Gasteiger partial charge in [0.2, 0.25) is 0 Å². The molecule has 1 heterocycles. The molecule has 0 radical (unpaired) electrons. The molecular weight excluding hydrogens is 232 g/mol. The fourth-order valence-corrected chi connectivity index (χ4v) is 1.80. The van der Waals surface area contributed by atoms with E-state index >= 15 is 0 Å². The Bertz CT molecular complexity index is 347. The summed E-state index contributed by atoms with van der Waals surface area (Å²) < 4.78 is 10.3. The van der Waals surface area contributed by atoms with Crippen LogP contribution in [0.5, 0.6) is 0 Å². The van der Waals surface area contributed by atoms with Crippen molar-refractivity contribution in [2.75, 3.05) is 38.9 Å². The molecule has 102 valence electrons. The van der Waals surface area contributed by atoms with E-state index in [9.17, 15) is 0 Å². The Morgan fingerprint density at radius 2 is 2.11 bits per heavy atom. The monoisotopic (exact) mass is 254 g/mol. The van der Waals surface area contributed by atoms with E-state index in [2.05, 4.69) is 16.8 Å². The largest absolute Gasteiger partial charge is 0.390 e. The lowest BCUT2D eigenvalue weighted by molar-refractivity contribution is 0.170. The summed E-state index contributed by atoms with van der Waals surface area (Å²) >= 11 is 0. The summed E-state index contributed by atoms with van der Waals surface area (Å²) in [5.41, 5.74) is 0.666. The number of nitrogens with zero attached hydrogens (tertiary/aromatic N) is 2. The number of aliphatic hydroxyl groups is 1. The zero-order valence-electron chi connectivity index (χ0n) is 11.3. The fraction of sp³-hybridized carbons (Fsp3) is 0.615. The Balaban J connectivity index is 2.85. The Morgan fingerprint density at radius 1 is 1.33 bits per heavy atom. The van der Waals surface area contributed by atoms with Crippen LogP contribution < -0.4 is 4.90 Å². The van der Waals surface area contributed by atoms with Gasteiger partial charge in [-0.1, -0.05) is 6.07 Å². The van der Waals surface area contributed by atoms with Crippen LogP contribution in [0.1, 0.15) is 12.6 Å². The van der Waals surface area contributed by atoms with E-state index in [0.29, 0.717) is 18.9 Å². The maximum Gasteiger partial charge on any atom is 0.129 e. The minimum atomic E-state index is -0.0510. The zero-order chi connectivity index (χ0) is 13.4.